The maximum Gasteiger partial charge on any atom is 0.166 e. The third-order valence-electron chi connectivity index (χ3n) is 5.53. The predicted molar refractivity (Wildman–Crippen MR) is 118 cm³/mol. The summed E-state index contributed by atoms with van der Waals surface area (Å²) in [7, 11) is 1.63. The number of nitrogens with zero attached hydrogens (tertiary/aromatic N) is 2. The lowest BCUT2D eigenvalue weighted by atomic mass is 9.82. The second kappa shape index (κ2) is 8.57. The van der Waals surface area contributed by atoms with E-state index in [9.17, 15) is 4.39 Å². The van der Waals surface area contributed by atoms with E-state index in [1.165, 1.54) is 18.5 Å². The van der Waals surface area contributed by atoms with Crippen molar-refractivity contribution in [2.75, 3.05) is 25.5 Å². The van der Waals surface area contributed by atoms with Crippen LogP contribution in [0.2, 0.25) is 10.0 Å². The highest BCUT2D eigenvalue weighted by atomic mass is 35.5. The van der Waals surface area contributed by atoms with E-state index in [4.69, 9.17) is 32.7 Å². The van der Waals surface area contributed by atoms with Crippen molar-refractivity contribution in [3.05, 3.63) is 51.2 Å². The number of rotatable bonds is 4. The number of allylic oxidation sites excluding steroid dienone is 1. The molecule has 3 aliphatic rings. The summed E-state index contributed by atoms with van der Waals surface area (Å²) in [5.74, 6) is 1.25. The smallest absolute Gasteiger partial charge is 0.166 e. The summed E-state index contributed by atoms with van der Waals surface area (Å²) >= 11 is 11.9. The highest BCUT2D eigenvalue weighted by Gasteiger charge is 2.40. The molecule has 9 heteroatoms. The molecule has 6 nitrogen and oxygen atoms in total. The lowest BCUT2D eigenvalue weighted by Gasteiger charge is -2.36. The number of halogens is 3. The molecule has 2 heterocycles. The van der Waals surface area contributed by atoms with Crippen molar-refractivity contribution in [3.8, 4) is 0 Å². The van der Waals surface area contributed by atoms with Gasteiger partial charge in [0, 0.05) is 12.0 Å². The lowest BCUT2D eigenvalue weighted by molar-refractivity contribution is 0.0788. The average Bonchev–Trinajstić information content (AvgIpc) is 2.75. The van der Waals surface area contributed by atoms with Gasteiger partial charge in [-0.05, 0) is 51.1 Å². The van der Waals surface area contributed by atoms with Crippen LogP contribution < -0.4 is 10.6 Å². The summed E-state index contributed by atoms with van der Waals surface area (Å²) in [5, 5.41) is 6.39. The van der Waals surface area contributed by atoms with Gasteiger partial charge in [0.25, 0.3) is 0 Å². The average molecular weight is 453 g/mol. The zero-order chi connectivity index (χ0) is 21.3. The molecular weight excluding hydrogens is 430 g/mol. The molecule has 30 heavy (non-hydrogen) atoms. The number of anilines is 1. The lowest BCUT2D eigenvalue weighted by Crippen LogP contribution is -2.39. The van der Waals surface area contributed by atoms with Crippen LogP contribution in [-0.2, 0) is 9.47 Å². The van der Waals surface area contributed by atoms with Crippen LogP contribution in [0, 0.1) is 5.82 Å². The van der Waals surface area contributed by atoms with Crippen LogP contribution in [0.25, 0.3) is 0 Å². The van der Waals surface area contributed by atoms with Gasteiger partial charge in [-0.25, -0.2) is 9.38 Å². The van der Waals surface area contributed by atoms with Crippen molar-refractivity contribution in [1.82, 2.24) is 5.32 Å². The number of hydrogen-bond donors (Lipinski definition) is 2. The number of fused-ring (bicyclic) bond motifs is 1. The molecule has 1 fully saturated rings. The molecule has 1 aliphatic carbocycles. The Kier molecular flexibility index (Phi) is 6.04. The van der Waals surface area contributed by atoms with E-state index in [1.807, 2.05) is 13.0 Å². The molecule has 4 rings (SSSR count). The molecule has 1 aromatic rings. The largest absolute Gasteiger partial charge is 0.497 e. The molecule has 0 aromatic heterocycles. The first-order chi connectivity index (χ1) is 14.4. The minimum absolute atomic E-state index is 0.112. The van der Waals surface area contributed by atoms with Crippen molar-refractivity contribution in [2.24, 2.45) is 9.98 Å². The first-order valence-electron chi connectivity index (χ1n) is 9.80. The van der Waals surface area contributed by atoms with Crippen LogP contribution >= 0.6 is 23.2 Å². The highest BCUT2D eigenvalue weighted by molar-refractivity contribution is 6.42. The molecule has 2 N–H and O–H groups in total. The van der Waals surface area contributed by atoms with E-state index in [2.05, 4.69) is 20.6 Å². The first kappa shape index (κ1) is 21.2. The number of benzene rings is 1. The van der Waals surface area contributed by atoms with Crippen molar-refractivity contribution in [3.63, 3.8) is 0 Å². The van der Waals surface area contributed by atoms with Crippen molar-refractivity contribution in [1.29, 1.82) is 0 Å². The zero-order valence-electron chi connectivity index (χ0n) is 16.8. The molecule has 0 spiro atoms. The number of ether oxygens (including phenoxy) is 2. The number of hydrogen-bond acceptors (Lipinski definition) is 6. The van der Waals surface area contributed by atoms with Gasteiger partial charge in [-0.1, -0.05) is 23.2 Å². The van der Waals surface area contributed by atoms with Gasteiger partial charge in [-0.15, -0.1) is 0 Å². The van der Waals surface area contributed by atoms with Gasteiger partial charge in [0.1, 0.15) is 24.0 Å². The zero-order valence-corrected chi connectivity index (χ0v) is 18.3. The second-order valence-electron chi connectivity index (χ2n) is 7.64. The van der Waals surface area contributed by atoms with Gasteiger partial charge in [0.05, 0.1) is 28.4 Å². The Morgan fingerprint density at radius 1 is 1.27 bits per heavy atom. The van der Waals surface area contributed by atoms with Crippen LogP contribution in [0.5, 0.6) is 0 Å². The number of aliphatic imine (C=N–C) groups is 2. The van der Waals surface area contributed by atoms with Crippen LogP contribution in [0.4, 0.5) is 10.1 Å². The monoisotopic (exact) mass is 452 g/mol. The Bertz CT molecular complexity index is 970. The molecule has 1 saturated heterocycles. The topological polar surface area (TPSA) is 67.2 Å². The normalized spacial score (nSPS) is 24.2. The van der Waals surface area contributed by atoms with Gasteiger partial charge >= 0.3 is 0 Å². The third kappa shape index (κ3) is 4.06. The first-order valence-corrected chi connectivity index (χ1v) is 10.6. The maximum atomic E-state index is 14.6. The van der Waals surface area contributed by atoms with Gasteiger partial charge in [0.15, 0.2) is 11.6 Å². The summed E-state index contributed by atoms with van der Waals surface area (Å²) in [4.78, 5) is 8.92. The Labute approximate surface area is 184 Å². The molecular formula is C21H23Cl2FN4O2. The number of nitrogens with one attached hydrogen (secondary N) is 2. The van der Waals surface area contributed by atoms with Crippen molar-refractivity contribution in [2.45, 2.75) is 37.8 Å². The standard InChI is InChI=1S/C21H23Cl2FN4O2/c1-21-10-17(29-2)16(30-12-5-7-25-8-6-12)9-13(21)20(26-11-27-21)28-15-4-3-14(22)18(23)19(15)24/h3-4,9,11-12,25H,5-8,10H2,1-2H3,(H,26,27,28). The van der Waals surface area contributed by atoms with E-state index in [1.54, 1.807) is 7.11 Å². The fourth-order valence-electron chi connectivity index (χ4n) is 3.80. The van der Waals surface area contributed by atoms with Crippen LogP contribution in [0.3, 0.4) is 0 Å². The highest BCUT2D eigenvalue weighted by Crippen LogP contribution is 2.40. The van der Waals surface area contributed by atoms with E-state index in [0.717, 1.165) is 37.3 Å². The van der Waals surface area contributed by atoms with E-state index >= 15 is 0 Å². The van der Waals surface area contributed by atoms with Gasteiger partial charge < -0.3 is 20.1 Å². The molecule has 0 saturated carbocycles. The molecule has 1 aromatic carbocycles. The van der Waals surface area contributed by atoms with Gasteiger partial charge in [-0.3, -0.25) is 4.99 Å². The van der Waals surface area contributed by atoms with Crippen molar-refractivity contribution >= 4 is 41.1 Å². The molecule has 2 aliphatic heterocycles. The Hall–Kier alpha value is -2.09. The third-order valence-corrected chi connectivity index (χ3v) is 6.32. The molecule has 160 valence electrons. The van der Waals surface area contributed by atoms with Crippen LogP contribution in [0.1, 0.15) is 26.2 Å². The molecule has 0 bridgehead atoms. The molecule has 0 amide bonds. The minimum Gasteiger partial charge on any atom is -0.497 e. The van der Waals surface area contributed by atoms with Gasteiger partial charge in [0.2, 0.25) is 0 Å². The number of methoxy groups -OCH3 is 1. The minimum atomic E-state index is -0.633. The predicted octanol–water partition coefficient (Wildman–Crippen LogP) is 4.70. The summed E-state index contributed by atoms with van der Waals surface area (Å²) in [6.45, 7) is 3.82. The van der Waals surface area contributed by atoms with Crippen LogP contribution in [-0.4, -0.2) is 44.0 Å². The summed E-state index contributed by atoms with van der Waals surface area (Å²) in [6, 6.07) is 3.07. The number of amidine groups is 1. The Morgan fingerprint density at radius 3 is 2.77 bits per heavy atom. The summed E-state index contributed by atoms with van der Waals surface area (Å²) in [5.41, 5.74) is 0.368. The quantitative estimate of drug-likeness (QED) is 0.649. The molecule has 0 radical (unpaired) electrons. The fourth-order valence-corrected chi connectivity index (χ4v) is 4.11. The SMILES string of the molecule is COC1=C(OC2CCNCC2)C=C2C(Nc3ccc(Cl)c(Cl)c3F)=NC=NC2(C)C1. The Balaban J connectivity index is 1.66. The van der Waals surface area contributed by atoms with E-state index in [-0.39, 0.29) is 21.8 Å². The second-order valence-corrected chi connectivity index (χ2v) is 8.42. The Morgan fingerprint density at radius 2 is 2.03 bits per heavy atom. The van der Waals surface area contributed by atoms with E-state index < -0.39 is 11.4 Å². The summed E-state index contributed by atoms with van der Waals surface area (Å²) in [6.07, 6.45) is 5.83. The van der Waals surface area contributed by atoms with Crippen LogP contribution in [0.15, 0.2) is 45.3 Å². The molecule has 1 unspecified atom stereocenters. The summed E-state index contributed by atoms with van der Waals surface area (Å²) < 4.78 is 26.5. The fraction of sp³-hybridized carbons (Fsp3) is 0.429. The molecule has 1 atom stereocenters. The van der Waals surface area contributed by atoms with Gasteiger partial charge in [-0.2, -0.15) is 0 Å². The van der Waals surface area contributed by atoms with E-state index in [0.29, 0.717) is 18.0 Å². The maximum absolute atomic E-state index is 14.6. The van der Waals surface area contributed by atoms with Crippen molar-refractivity contribution < 1.29 is 13.9 Å². The number of piperidine rings is 1.